The molecule has 2 aromatic heterocycles. The predicted octanol–water partition coefficient (Wildman–Crippen LogP) is 3.16. The Hall–Kier alpha value is -2.58. The summed E-state index contributed by atoms with van der Waals surface area (Å²) in [6, 6.07) is 13.4. The quantitative estimate of drug-likeness (QED) is 0.426. The van der Waals surface area contributed by atoms with E-state index in [0.717, 1.165) is 12.1 Å². The van der Waals surface area contributed by atoms with Gasteiger partial charge in [0, 0.05) is 25.4 Å². The second kappa shape index (κ2) is 9.94. The number of carbonyl (C=O) groups excluding carboxylic acids is 1. The van der Waals surface area contributed by atoms with Crippen LogP contribution in [0.2, 0.25) is 0 Å². The standard InChI is InChI=1S/C19H22N4O3S/c1-2-25-12-7-11-20-17(24)14-27-19-22-21-18(16-10-6-13-26-16)23(19)15-8-4-3-5-9-15/h3-6,8-10,13H,2,7,11-12,14H2,1H3,(H,20,24). The molecule has 0 radical (unpaired) electrons. The summed E-state index contributed by atoms with van der Waals surface area (Å²) in [5.41, 5.74) is 0.911. The van der Waals surface area contributed by atoms with Gasteiger partial charge in [0.05, 0.1) is 12.0 Å². The molecule has 7 nitrogen and oxygen atoms in total. The fraction of sp³-hybridized carbons (Fsp3) is 0.316. The van der Waals surface area contributed by atoms with Gasteiger partial charge in [-0.05, 0) is 37.6 Å². The average Bonchev–Trinajstić information content (AvgIpc) is 3.36. The Bertz CT molecular complexity index is 834. The van der Waals surface area contributed by atoms with Crippen molar-refractivity contribution in [3.8, 4) is 17.3 Å². The van der Waals surface area contributed by atoms with Crippen LogP contribution in [0.15, 0.2) is 58.3 Å². The highest BCUT2D eigenvalue weighted by molar-refractivity contribution is 7.99. The van der Waals surface area contributed by atoms with Gasteiger partial charge >= 0.3 is 0 Å². The fourth-order valence-electron chi connectivity index (χ4n) is 2.47. The molecule has 0 aliphatic heterocycles. The van der Waals surface area contributed by atoms with Gasteiger partial charge in [-0.15, -0.1) is 10.2 Å². The number of ether oxygens (including phenoxy) is 1. The molecule has 27 heavy (non-hydrogen) atoms. The summed E-state index contributed by atoms with van der Waals surface area (Å²) in [5.74, 6) is 1.45. The molecule has 1 amide bonds. The molecular formula is C19H22N4O3S. The van der Waals surface area contributed by atoms with Crippen LogP contribution < -0.4 is 5.32 Å². The van der Waals surface area contributed by atoms with Gasteiger partial charge in [-0.1, -0.05) is 30.0 Å². The second-order valence-corrected chi connectivity index (χ2v) is 6.59. The molecule has 1 N–H and O–H groups in total. The van der Waals surface area contributed by atoms with Gasteiger partial charge in [-0.3, -0.25) is 9.36 Å². The van der Waals surface area contributed by atoms with E-state index in [-0.39, 0.29) is 11.7 Å². The number of aromatic nitrogens is 3. The van der Waals surface area contributed by atoms with Crippen molar-refractivity contribution in [1.82, 2.24) is 20.1 Å². The molecule has 1 aromatic carbocycles. The highest BCUT2D eigenvalue weighted by Crippen LogP contribution is 2.27. The van der Waals surface area contributed by atoms with E-state index in [9.17, 15) is 4.79 Å². The molecule has 0 fully saturated rings. The summed E-state index contributed by atoms with van der Waals surface area (Å²) >= 11 is 1.34. The Morgan fingerprint density at radius 1 is 1.22 bits per heavy atom. The number of thioether (sulfide) groups is 1. The average molecular weight is 386 g/mol. The van der Waals surface area contributed by atoms with E-state index in [0.29, 0.717) is 36.5 Å². The van der Waals surface area contributed by atoms with Crippen molar-refractivity contribution in [3.05, 3.63) is 48.7 Å². The van der Waals surface area contributed by atoms with Crippen molar-refractivity contribution in [2.24, 2.45) is 0 Å². The highest BCUT2D eigenvalue weighted by Gasteiger charge is 2.18. The molecule has 0 aliphatic carbocycles. The van der Waals surface area contributed by atoms with Crippen LogP contribution in [0.3, 0.4) is 0 Å². The van der Waals surface area contributed by atoms with E-state index in [1.165, 1.54) is 11.8 Å². The van der Waals surface area contributed by atoms with E-state index in [2.05, 4.69) is 15.5 Å². The number of nitrogens with zero attached hydrogens (tertiary/aromatic N) is 3. The lowest BCUT2D eigenvalue weighted by Gasteiger charge is -2.09. The zero-order chi connectivity index (χ0) is 18.9. The third-order valence-electron chi connectivity index (χ3n) is 3.71. The number of hydrogen-bond acceptors (Lipinski definition) is 6. The van der Waals surface area contributed by atoms with Crippen LogP contribution in [-0.4, -0.2) is 46.2 Å². The number of carbonyl (C=O) groups is 1. The van der Waals surface area contributed by atoms with E-state index >= 15 is 0 Å². The molecule has 3 aromatic rings. The SMILES string of the molecule is CCOCCCNC(=O)CSc1nnc(-c2ccco2)n1-c1ccccc1. The van der Waals surface area contributed by atoms with Gasteiger partial charge in [0.2, 0.25) is 11.7 Å². The molecule has 3 rings (SSSR count). The van der Waals surface area contributed by atoms with Crippen LogP contribution in [0, 0.1) is 0 Å². The summed E-state index contributed by atoms with van der Waals surface area (Å²) < 4.78 is 12.6. The Morgan fingerprint density at radius 2 is 2.07 bits per heavy atom. The molecule has 0 atom stereocenters. The van der Waals surface area contributed by atoms with Crippen LogP contribution in [0.5, 0.6) is 0 Å². The minimum atomic E-state index is -0.0429. The van der Waals surface area contributed by atoms with Crippen molar-refractivity contribution in [2.75, 3.05) is 25.5 Å². The molecule has 2 heterocycles. The van der Waals surface area contributed by atoms with E-state index < -0.39 is 0 Å². The molecule has 0 saturated carbocycles. The van der Waals surface area contributed by atoms with Gasteiger partial charge in [-0.2, -0.15) is 0 Å². The molecule has 0 unspecified atom stereocenters. The Labute approximate surface area is 162 Å². The molecular weight excluding hydrogens is 364 g/mol. The summed E-state index contributed by atoms with van der Waals surface area (Å²) in [4.78, 5) is 12.1. The lowest BCUT2D eigenvalue weighted by atomic mass is 10.3. The topological polar surface area (TPSA) is 82.2 Å². The van der Waals surface area contributed by atoms with E-state index in [4.69, 9.17) is 9.15 Å². The predicted molar refractivity (Wildman–Crippen MR) is 104 cm³/mol. The summed E-state index contributed by atoms with van der Waals surface area (Å²) in [5, 5.41) is 12.0. The largest absolute Gasteiger partial charge is 0.461 e. The van der Waals surface area contributed by atoms with Crippen molar-refractivity contribution in [3.63, 3.8) is 0 Å². The van der Waals surface area contributed by atoms with Crippen LogP contribution in [0.4, 0.5) is 0 Å². The first-order valence-electron chi connectivity index (χ1n) is 8.81. The Morgan fingerprint density at radius 3 is 2.81 bits per heavy atom. The van der Waals surface area contributed by atoms with E-state index in [1.807, 2.05) is 54.0 Å². The number of furan rings is 1. The Balaban J connectivity index is 1.68. The third-order valence-corrected chi connectivity index (χ3v) is 4.64. The first-order valence-corrected chi connectivity index (χ1v) is 9.80. The fourth-order valence-corrected chi connectivity index (χ4v) is 3.25. The molecule has 0 aliphatic rings. The third kappa shape index (κ3) is 5.21. The number of amides is 1. The number of para-hydroxylation sites is 1. The number of nitrogens with one attached hydrogen (secondary N) is 1. The molecule has 8 heteroatoms. The summed E-state index contributed by atoms with van der Waals surface area (Å²) in [7, 11) is 0. The van der Waals surface area contributed by atoms with Crippen LogP contribution in [0.1, 0.15) is 13.3 Å². The number of benzene rings is 1. The van der Waals surface area contributed by atoms with Crippen LogP contribution >= 0.6 is 11.8 Å². The van der Waals surface area contributed by atoms with Gasteiger partial charge < -0.3 is 14.5 Å². The summed E-state index contributed by atoms with van der Waals surface area (Å²) in [6.07, 6.45) is 2.40. The van der Waals surface area contributed by atoms with Crippen molar-refractivity contribution < 1.29 is 13.9 Å². The molecule has 0 saturated heterocycles. The first kappa shape index (κ1) is 19.2. The molecule has 0 bridgehead atoms. The van der Waals surface area contributed by atoms with Crippen molar-refractivity contribution >= 4 is 17.7 Å². The minimum Gasteiger partial charge on any atom is -0.461 e. The van der Waals surface area contributed by atoms with E-state index in [1.54, 1.807) is 6.26 Å². The maximum Gasteiger partial charge on any atom is 0.230 e. The molecule has 0 spiro atoms. The first-order chi connectivity index (χ1) is 13.3. The van der Waals surface area contributed by atoms with Crippen molar-refractivity contribution in [1.29, 1.82) is 0 Å². The zero-order valence-electron chi connectivity index (χ0n) is 15.1. The monoisotopic (exact) mass is 386 g/mol. The highest BCUT2D eigenvalue weighted by atomic mass is 32.2. The van der Waals surface area contributed by atoms with Crippen LogP contribution in [0.25, 0.3) is 17.3 Å². The minimum absolute atomic E-state index is 0.0429. The number of hydrogen-bond donors (Lipinski definition) is 1. The maximum atomic E-state index is 12.1. The maximum absolute atomic E-state index is 12.1. The molecule has 142 valence electrons. The lowest BCUT2D eigenvalue weighted by Crippen LogP contribution is -2.27. The summed E-state index contributed by atoms with van der Waals surface area (Å²) in [6.45, 7) is 3.90. The van der Waals surface area contributed by atoms with Crippen molar-refractivity contribution in [2.45, 2.75) is 18.5 Å². The zero-order valence-corrected chi connectivity index (χ0v) is 15.9. The van der Waals surface area contributed by atoms with Gasteiger partial charge in [0.25, 0.3) is 0 Å². The smallest absolute Gasteiger partial charge is 0.230 e. The Kier molecular flexibility index (Phi) is 7.06. The second-order valence-electron chi connectivity index (χ2n) is 5.64. The van der Waals surface area contributed by atoms with Gasteiger partial charge in [-0.25, -0.2) is 0 Å². The lowest BCUT2D eigenvalue weighted by molar-refractivity contribution is -0.118. The number of rotatable bonds is 10. The van der Waals surface area contributed by atoms with Gasteiger partial charge in [0.1, 0.15) is 0 Å². The van der Waals surface area contributed by atoms with Crippen LogP contribution in [-0.2, 0) is 9.53 Å². The van der Waals surface area contributed by atoms with Gasteiger partial charge in [0.15, 0.2) is 10.9 Å². The normalized spacial score (nSPS) is 10.9.